The Labute approximate surface area is 146 Å². The van der Waals surface area contributed by atoms with Crippen LogP contribution in [0.15, 0.2) is 24.3 Å². The van der Waals surface area contributed by atoms with E-state index in [2.05, 4.69) is 10.6 Å². The number of hydrogen-bond acceptors (Lipinski definition) is 6. The smallest absolute Gasteiger partial charge is 0.269 e. The van der Waals surface area contributed by atoms with Gasteiger partial charge in [-0.15, -0.1) is 12.4 Å². The molecule has 1 amide bonds. The van der Waals surface area contributed by atoms with Crippen LogP contribution < -0.4 is 16.4 Å². The van der Waals surface area contributed by atoms with E-state index in [4.69, 9.17) is 10.5 Å². The van der Waals surface area contributed by atoms with E-state index in [9.17, 15) is 14.9 Å². The second-order valence-electron chi connectivity index (χ2n) is 5.58. The molecule has 1 saturated heterocycles. The molecule has 1 aromatic carbocycles. The molecule has 1 aromatic rings. The Morgan fingerprint density at radius 2 is 1.88 bits per heavy atom. The fourth-order valence-corrected chi connectivity index (χ4v) is 2.56. The minimum atomic E-state index is -0.522. The van der Waals surface area contributed by atoms with Gasteiger partial charge in [-0.1, -0.05) is 0 Å². The summed E-state index contributed by atoms with van der Waals surface area (Å²) >= 11 is 0. The first kappa shape index (κ1) is 20.1. The number of nitrogens with two attached hydrogens (primary N) is 1. The molecule has 0 atom stereocenters. The van der Waals surface area contributed by atoms with Crippen LogP contribution in [0.2, 0.25) is 0 Å². The largest absolute Gasteiger partial charge is 0.383 e. The van der Waals surface area contributed by atoms with E-state index >= 15 is 0 Å². The van der Waals surface area contributed by atoms with E-state index in [0.717, 1.165) is 5.69 Å². The summed E-state index contributed by atoms with van der Waals surface area (Å²) in [6.07, 6.45) is 1.29. The number of carbonyl (C=O) groups is 1. The van der Waals surface area contributed by atoms with Gasteiger partial charge in [0.2, 0.25) is 5.91 Å². The first-order valence-electron chi connectivity index (χ1n) is 7.62. The van der Waals surface area contributed by atoms with E-state index in [1.807, 2.05) is 0 Å². The predicted octanol–water partition coefficient (Wildman–Crippen LogP) is 1.30. The number of hydrogen-bond donors (Lipinski definition) is 3. The summed E-state index contributed by atoms with van der Waals surface area (Å²) in [6.45, 7) is 2.43. The van der Waals surface area contributed by atoms with Gasteiger partial charge in [-0.25, -0.2) is 0 Å². The number of non-ortho nitro benzene ring substituents is 1. The van der Waals surface area contributed by atoms with E-state index in [1.54, 1.807) is 12.1 Å². The summed E-state index contributed by atoms with van der Waals surface area (Å²) in [5.41, 5.74) is 6.08. The van der Waals surface area contributed by atoms with Gasteiger partial charge in [0, 0.05) is 50.7 Å². The van der Waals surface area contributed by atoms with Crippen molar-refractivity contribution < 1.29 is 14.5 Å². The minimum Gasteiger partial charge on any atom is -0.383 e. The molecule has 1 aliphatic heterocycles. The topological polar surface area (TPSA) is 120 Å². The molecule has 9 heteroatoms. The van der Waals surface area contributed by atoms with Crippen LogP contribution in [-0.2, 0) is 9.53 Å². The third kappa shape index (κ3) is 5.05. The molecule has 1 heterocycles. The molecule has 0 bridgehead atoms. The molecular formula is C15H23ClN4O4. The summed E-state index contributed by atoms with van der Waals surface area (Å²) in [6, 6.07) is 6.15. The average molecular weight is 359 g/mol. The molecule has 0 unspecified atom stereocenters. The van der Waals surface area contributed by atoms with Gasteiger partial charge in [0.25, 0.3) is 5.69 Å². The predicted molar refractivity (Wildman–Crippen MR) is 93.4 cm³/mol. The Morgan fingerprint density at radius 1 is 1.25 bits per heavy atom. The van der Waals surface area contributed by atoms with Gasteiger partial charge in [0.15, 0.2) is 0 Å². The second-order valence-corrected chi connectivity index (χ2v) is 5.58. The summed E-state index contributed by atoms with van der Waals surface area (Å²) in [5.74, 6) is -0.0335. The maximum Gasteiger partial charge on any atom is 0.269 e. The first-order chi connectivity index (χ1) is 11.1. The highest BCUT2D eigenvalue weighted by Gasteiger charge is 2.38. The normalized spacial score (nSPS) is 15.9. The van der Waals surface area contributed by atoms with Crippen LogP contribution in [0.25, 0.3) is 0 Å². The van der Waals surface area contributed by atoms with Crippen molar-refractivity contribution in [1.82, 2.24) is 5.32 Å². The average Bonchev–Trinajstić information content (AvgIpc) is 2.59. The highest BCUT2D eigenvalue weighted by molar-refractivity contribution is 5.85. The van der Waals surface area contributed by atoms with Gasteiger partial charge in [0.1, 0.15) is 0 Å². The number of carbonyl (C=O) groups excluding carboxylic acids is 1. The molecule has 0 aliphatic carbocycles. The zero-order valence-electron chi connectivity index (χ0n) is 13.3. The van der Waals surface area contributed by atoms with Gasteiger partial charge < -0.3 is 21.1 Å². The minimum absolute atomic E-state index is 0. The molecule has 1 aliphatic rings. The SMILES string of the molecule is Cl.NCC1(C(=O)NCCNc2ccc([N+](=O)[O-])cc2)CCOCC1. The molecule has 8 nitrogen and oxygen atoms in total. The first-order valence-corrected chi connectivity index (χ1v) is 7.62. The molecule has 4 N–H and O–H groups in total. The number of benzene rings is 1. The molecule has 0 saturated carbocycles. The van der Waals surface area contributed by atoms with E-state index < -0.39 is 10.3 Å². The van der Waals surface area contributed by atoms with Gasteiger partial charge in [-0.05, 0) is 25.0 Å². The van der Waals surface area contributed by atoms with Crippen LogP contribution in [0.1, 0.15) is 12.8 Å². The number of nitro groups is 1. The molecule has 2 rings (SSSR count). The summed E-state index contributed by atoms with van der Waals surface area (Å²) in [5, 5.41) is 16.6. The van der Waals surface area contributed by atoms with Crippen molar-refractivity contribution in [1.29, 1.82) is 0 Å². The Morgan fingerprint density at radius 3 is 2.42 bits per heavy atom. The van der Waals surface area contributed by atoms with Crippen molar-refractivity contribution in [3.8, 4) is 0 Å². The van der Waals surface area contributed by atoms with Crippen LogP contribution in [0.4, 0.5) is 11.4 Å². The van der Waals surface area contributed by atoms with Crippen molar-refractivity contribution in [2.24, 2.45) is 11.1 Å². The third-order valence-corrected chi connectivity index (χ3v) is 4.14. The van der Waals surface area contributed by atoms with E-state index in [0.29, 0.717) is 45.7 Å². The van der Waals surface area contributed by atoms with Crippen molar-refractivity contribution in [3.63, 3.8) is 0 Å². The van der Waals surface area contributed by atoms with Crippen LogP contribution in [0.5, 0.6) is 0 Å². The monoisotopic (exact) mass is 358 g/mol. The number of ether oxygens (including phenoxy) is 1. The van der Waals surface area contributed by atoms with Gasteiger partial charge in [-0.3, -0.25) is 14.9 Å². The molecule has 0 spiro atoms. The second kappa shape index (κ2) is 9.41. The van der Waals surface area contributed by atoms with Crippen molar-refractivity contribution in [2.45, 2.75) is 12.8 Å². The highest BCUT2D eigenvalue weighted by atomic mass is 35.5. The Bertz CT molecular complexity index is 547. The lowest BCUT2D eigenvalue weighted by Gasteiger charge is -2.34. The van der Waals surface area contributed by atoms with Crippen molar-refractivity contribution in [3.05, 3.63) is 34.4 Å². The maximum atomic E-state index is 12.3. The third-order valence-electron chi connectivity index (χ3n) is 4.14. The lowest BCUT2D eigenvalue weighted by Crippen LogP contribution is -2.49. The molecule has 0 radical (unpaired) electrons. The van der Waals surface area contributed by atoms with Crippen LogP contribution >= 0.6 is 12.4 Å². The molecule has 1 fully saturated rings. The maximum absolute atomic E-state index is 12.3. The van der Waals surface area contributed by atoms with Crippen molar-refractivity contribution in [2.75, 3.05) is 38.2 Å². The number of nitrogens with zero attached hydrogens (tertiary/aromatic N) is 1. The molecule has 24 heavy (non-hydrogen) atoms. The standard InChI is InChI=1S/C15H22N4O4.ClH/c16-11-15(5-9-23-10-6-15)14(20)18-8-7-17-12-1-3-13(4-2-12)19(21)22;/h1-4,17H,5-11,16H2,(H,18,20);1H. The summed E-state index contributed by atoms with van der Waals surface area (Å²) < 4.78 is 5.29. The quantitative estimate of drug-likeness (QED) is 0.384. The zero-order valence-corrected chi connectivity index (χ0v) is 14.1. The van der Waals surface area contributed by atoms with Gasteiger partial charge >= 0.3 is 0 Å². The molecule has 0 aromatic heterocycles. The van der Waals surface area contributed by atoms with Gasteiger partial charge in [-0.2, -0.15) is 0 Å². The number of nitrogens with one attached hydrogen (secondary N) is 2. The van der Waals surface area contributed by atoms with Crippen LogP contribution in [0.3, 0.4) is 0 Å². The lowest BCUT2D eigenvalue weighted by atomic mass is 9.79. The highest BCUT2D eigenvalue weighted by Crippen LogP contribution is 2.29. The number of halogens is 1. The molecule has 134 valence electrons. The van der Waals surface area contributed by atoms with Crippen LogP contribution in [-0.4, -0.2) is 43.7 Å². The Balaban J connectivity index is 0.00000288. The van der Waals surface area contributed by atoms with Gasteiger partial charge in [0.05, 0.1) is 10.3 Å². The number of rotatable bonds is 7. The van der Waals surface area contributed by atoms with E-state index in [1.165, 1.54) is 12.1 Å². The fraction of sp³-hybridized carbons (Fsp3) is 0.533. The Kier molecular flexibility index (Phi) is 7.90. The summed E-state index contributed by atoms with van der Waals surface area (Å²) in [4.78, 5) is 22.5. The fourth-order valence-electron chi connectivity index (χ4n) is 2.56. The number of anilines is 1. The number of nitro benzene ring substituents is 1. The zero-order chi connectivity index (χ0) is 16.7. The lowest BCUT2D eigenvalue weighted by molar-refractivity contribution is -0.384. The van der Waals surface area contributed by atoms with Crippen molar-refractivity contribution >= 4 is 29.7 Å². The summed E-state index contributed by atoms with van der Waals surface area (Å²) in [7, 11) is 0. The Hall–Kier alpha value is -1.90. The van der Waals surface area contributed by atoms with Crippen LogP contribution in [0, 0.1) is 15.5 Å². The molecular weight excluding hydrogens is 336 g/mol. The van der Waals surface area contributed by atoms with E-state index in [-0.39, 0.29) is 24.0 Å². The number of amides is 1.